The van der Waals surface area contributed by atoms with Crippen molar-refractivity contribution in [2.24, 2.45) is 0 Å². The number of carbonyl (C=O) groups is 1. The molecule has 1 aromatic heterocycles. The Morgan fingerprint density at radius 3 is 2.54 bits per heavy atom. The number of aliphatic hydroxyl groups is 4. The lowest BCUT2D eigenvalue weighted by atomic mass is 9.98. The van der Waals surface area contributed by atoms with E-state index in [1.165, 1.54) is 6.20 Å². The first-order valence-electron chi connectivity index (χ1n) is 8.05. The number of aromatic nitrogens is 1. The van der Waals surface area contributed by atoms with Crippen LogP contribution in [0.1, 0.15) is 20.8 Å². The highest BCUT2D eigenvalue weighted by atomic mass is 32.1. The minimum atomic E-state index is -1.48. The Morgan fingerprint density at radius 1 is 1.19 bits per heavy atom. The number of thiazole rings is 1. The van der Waals surface area contributed by atoms with E-state index in [0.29, 0.717) is 15.6 Å². The van der Waals surface area contributed by atoms with Gasteiger partial charge in [0.15, 0.2) is 11.4 Å². The number of nitrogens with zero attached hydrogens (tertiary/aromatic N) is 1. The second kappa shape index (κ2) is 7.78. The summed E-state index contributed by atoms with van der Waals surface area (Å²) in [4.78, 5) is 17.0. The van der Waals surface area contributed by atoms with Gasteiger partial charge in [0.05, 0.1) is 17.7 Å². The third-order valence-corrected chi connectivity index (χ3v) is 5.13. The molecule has 0 aliphatic carbocycles. The number of anilines is 1. The minimum absolute atomic E-state index is 0.177. The molecule has 1 aliphatic rings. The average Bonchev–Trinajstić information content (AvgIpc) is 3.11. The lowest BCUT2D eigenvalue weighted by molar-refractivity contribution is -0.221. The van der Waals surface area contributed by atoms with E-state index in [0.717, 1.165) is 16.9 Å². The summed E-state index contributed by atoms with van der Waals surface area (Å²) in [5.41, 5.74) is 1.59. The summed E-state index contributed by atoms with van der Waals surface area (Å²) in [6.45, 7) is 1.42. The summed E-state index contributed by atoms with van der Waals surface area (Å²) in [6.07, 6.45) is -5.01. The molecule has 0 spiro atoms. The highest BCUT2D eigenvalue weighted by Gasteiger charge is 2.43. The maximum Gasteiger partial charge on any atom is 0.204 e. The van der Waals surface area contributed by atoms with Crippen molar-refractivity contribution in [1.29, 1.82) is 0 Å². The van der Waals surface area contributed by atoms with Gasteiger partial charge in [-0.2, -0.15) is 0 Å². The number of rotatable bonds is 5. The molecule has 5 atom stereocenters. The van der Waals surface area contributed by atoms with Gasteiger partial charge in [-0.05, 0) is 6.92 Å². The topological polar surface area (TPSA) is 132 Å². The SMILES string of the molecule is Cc1ccc(C(=O)c2cnc(N[C@H]3OC(CO)[C@@H](O)C(O)[C@H]3O)s2)cc1. The van der Waals surface area contributed by atoms with E-state index in [4.69, 9.17) is 4.74 Å². The Morgan fingerprint density at radius 2 is 1.88 bits per heavy atom. The van der Waals surface area contributed by atoms with Crippen LogP contribution in [0.2, 0.25) is 0 Å². The molecule has 26 heavy (non-hydrogen) atoms. The van der Waals surface area contributed by atoms with Crippen LogP contribution in [0.5, 0.6) is 0 Å². The van der Waals surface area contributed by atoms with Crippen molar-refractivity contribution in [3.8, 4) is 0 Å². The number of ether oxygens (including phenoxy) is 1. The van der Waals surface area contributed by atoms with Gasteiger partial charge in [-0.15, -0.1) is 0 Å². The molecule has 0 bridgehead atoms. The first-order chi connectivity index (χ1) is 12.4. The van der Waals surface area contributed by atoms with Gasteiger partial charge < -0.3 is 30.5 Å². The Bertz CT molecular complexity index is 763. The third kappa shape index (κ3) is 3.78. The van der Waals surface area contributed by atoms with Crippen molar-refractivity contribution < 1.29 is 30.0 Å². The fourth-order valence-corrected chi connectivity index (χ4v) is 3.44. The third-order valence-electron chi connectivity index (χ3n) is 4.20. The van der Waals surface area contributed by atoms with Crippen LogP contribution in [-0.4, -0.2) is 68.4 Å². The van der Waals surface area contributed by atoms with Crippen LogP contribution in [0, 0.1) is 6.92 Å². The molecule has 2 aromatic rings. The lowest BCUT2D eigenvalue weighted by Crippen LogP contribution is -2.60. The molecular formula is C17H20N2O6S. The molecule has 9 heteroatoms. The van der Waals surface area contributed by atoms with Gasteiger partial charge >= 0.3 is 0 Å². The van der Waals surface area contributed by atoms with Gasteiger partial charge in [0.1, 0.15) is 24.4 Å². The molecule has 3 rings (SSSR count). The second-order valence-corrected chi connectivity index (χ2v) is 7.15. The van der Waals surface area contributed by atoms with Gasteiger partial charge in [0.25, 0.3) is 0 Å². The fourth-order valence-electron chi connectivity index (χ4n) is 2.64. The predicted octanol–water partition coefficient (Wildman–Crippen LogP) is -0.106. The largest absolute Gasteiger partial charge is 0.394 e. The summed E-state index contributed by atoms with van der Waals surface area (Å²) < 4.78 is 5.36. The van der Waals surface area contributed by atoms with Crippen LogP contribution < -0.4 is 5.32 Å². The summed E-state index contributed by atoms with van der Waals surface area (Å²) in [6, 6.07) is 7.17. The van der Waals surface area contributed by atoms with Crippen LogP contribution in [0.15, 0.2) is 30.5 Å². The molecule has 0 amide bonds. The summed E-state index contributed by atoms with van der Waals surface area (Å²) >= 11 is 1.08. The van der Waals surface area contributed by atoms with Crippen LogP contribution in [0.3, 0.4) is 0 Å². The number of ketones is 1. The van der Waals surface area contributed by atoms with Crippen molar-refractivity contribution in [2.45, 2.75) is 37.6 Å². The van der Waals surface area contributed by atoms with Crippen molar-refractivity contribution in [3.05, 3.63) is 46.5 Å². The quantitative estimate of drug-likeness (QED) is 0.454. The maximum atomic E-state index is 12.5. The number of aryl methyl sites for hydroxylation is 1. The van der Waals surface area contributed by atoms with E-state index < -0.39 is 37.3 Å². The zero-order valence-corrected chi connectivity index (χ0v) is 14.8. The molecule has 8 nitrogen and oxygen atoms in total. The Kier molecular flexibility index (Phi) is 5.66. The average molecular weight is 380 g/mol. The molecule has 2 heterocycles. The van der Waals surface area contributed by atoms with E-state index >= 15 is 0 Å². The fraction of sp³-hybridized carbons (Fsp3) is 0.412. The Labute approximate surface area is 153 Å². The normalized spacial score (nSPS) is 28.7. The van der Waals surface area contributed by atoms with E-state index in [2.05, 4.69) is 10.3 Å². The van der Waals surface area contributed by atoms with E-state index in [1.54, 1.807) is 12.1 Å². The molecule has 0 saturated carbocycles. The smallest absolute Gasteiger partial charge is 0.204 e. The van der Waals surface area contributed by atoms with Crippen LogP contribution in [0.4, 0.5) is 5.13 Å². The lowest BCUT2D eigenvalue weighted by Gasteiger charge is -2.40. The maximum absolute atomic E-state index is 12.5. The number of aliphatic hydroxyl groups excluding tert-OH is 4. The molecule has 1 aliphatic heterocycles. The first kappa shape index (κ1) is 18.9. The van der Waals surface area contributed by atoms with Gasteiger partial charge in [-0.1, -0.05) is 41.2 Å². The Balaban J connectivity index is 1.71. The monoisotopic (exact) mass is 380 g/mol. The van der Waals surface area contributed by atoms with Gasteiger partial charge in [0.2, 0.25) is 5.78 Å². The second-order valence-electron chi connectivity index (χ2n) is 6.12. The van der Waals surface area contributed by atoms with Crippen molar-refractivity contribution in [2.75, 3.05) is 11.9 Å². The number of carbonyl (C=O) groups excluding carboxylic acids is 1. The van der Waals surface area contributed by atoms with Gasteiger partial charge in [0, 0.05) is 5.56 Å². The summed E-state index contributed by atoms with van der Waals surface area (Å²) in [5.74, 6) is -0.177. The molecule has 1 fully saturated rings. The van der Waals surface area contributed by atoms with Crippen molar-refractivity contribution in [1.82, 2.24) is 4.98 Å². The molecule has 140 valence electrons. The Hall–Kier alpha value is -1.88. The summed E-state index contributed by atoms with van der Waals surface area (Å²) in [5, 5.41) is 41.9. The number of nitrogens with one attached hydrogen (secondary N) is 1. The van der Waals surface area contributed by atoms with E-state index in [9.17, 15) is 25.2 Å². The minimum Gasteiger partial charge on any atom is -0.394 e. The first-order valence-corrected chi connectivity index (χ1v) is 8.86. The van der Waals surface area contributed by atoms with E-state index in [1.807, 2.05) is 19.1 Å². The van der Waals surface area contributed by atoms with Crippen LogP contribution >= 0.6 is 11.3 Å². The highest BCUT2D eigenvalue weighted by Crippen LogP contribution is 2.26. The number of hydrogen-bond donors (Lipinski definition) is 5. The van der Waals surface area contributed by atoms with Crippen molar-refractivity contribution in [3.63, 3.8) is 0 Å². The summed E-state index contributed by atoms with van der Waals surface area (Å²) in [7, 11) is 0. The van der Waals surface area contributed by atoms with Crippen LogP contribution in [0.25, 0.3) is 0 Å². The molecule has 2 unspecified atom stereocenters. The van der Waals surface area contributed by atoms with Crippen molar-refractivity contribution >= 4 is 22.3 Å². The van der Waals surface area contributed by atoms with Gasteiger partial charge in [-0.3, -0.25) is 4.79 Å². The van der Waals surface area contributed by atoms with Crippen LogP contribution in [-0.2, 0) is 4.74 Å². The zero-order chi connectivity index (χ0) is 18.8. The highest BCUT2D eigenvalue weighted by molar-refractivity contribution is 7.17. The zero-order valence-electron chi connectivity index (χ0n) is 13.9. The number of benzene rings is 1. The molecule has 5 N–H and O–H groups in total. The molecule has 1 aromatic carbocycles. The molecular weight excluding hydrogens is 360 g/mol. The standard InChI is InChI=1S/C17H20N2O6S/c1-8-2-4-9(5-3-8)12(21)11-6-18-17(26-11)19-16-15(24)14(23)13(22)10(7-20)25-16/h2-6,10,13-16,20,22-24H,7H2,1H3,(H,18,19)/t10?,13-,14?,15-,16+/m1/s1. The molecule has 1 saturated heterocycles. The van der Waals surface area contributed by atoms with E-state index in [-0.39, 0.29) is 5.78 Å². The number of hydrogen-bond acceptors (Lipinski definition) is 9. The van der Waals surface area contributed by atoms with Gasteiger partial charge in [-0.25, -0.2) is 4.98 Å². The predicted molar refractivity (Wildman–Crippen MR) is 94.1 cm³/mol. The molecule has 0 radical (unpaired) electrons.